The lowest BCUT2D eigenvalue weighted by Gasteiger charge is -2.32. The Kier molecular flexibility index (Phi) is 3.10. The fourth-order valence-corrected chi connectivity index (χ4v) is 4.55. The predicted molar refractivity (Wildman–Crippen MR) is 88.7 cm³/mol. The Morgan fingerprint density at radius 2 is 1.35 bits per heavy atom. The zero-order chi connectivity index (χ0) is 15.3. The molecule has 2 aromatic rings. The van der Waals surface area contributed by atoms with Crippen LogP contribution in [0.15, 0.2) is 60.7 Å². The van der Waals surface area contributed by atoms with Gasteiger partial charge in [0.05, 0.1) is 0 Å². The Morgan fingerprint density at radius 3 is 1.91 bits per heavy atom. The van der Waals surface area contributed by atoms with E-state index in [0.29, 0.717) is 5.92 Å². The number of ether oxygens (including phenoxy) is 2. The summed E-state index contributed by atoms with van der Waals surface area (Å²) in [7, 11) is 0. The maximum atomic E-state index is 6.67. The summed E-state index contributed by atoms with van der Waals surface area (Å²) in [6.45, 7) is 0. The van der Waals surface area contributed by atoms with Gasteiger partial charge in [0.15, 0.2) is 5.79 Å². The quantitative estimate of drug-likeness (QED) is 0.774. The maximum absolute atomic E-state index is 6.67. The van der Waals surface area contributed by atoms with Crippen LogP contribution in [0.4, 0.5) is 0 Å². The lowest BCUT2D eigenvalue weighted by atomic mass is 9.94. The van der Waals surface area contributed by atoms with Crippen molar-refractivity contribution < 1.29 is 9.47 Å². The van der Waals surface area contributed by atoms with Crippen molar-refractivity contribution in [2.45, 2.75) is 43.7 Å². The second kappa shape index (κ2) is 5.19. The van der Waals surface area contributed by atoms with Gasteiger partial charge in [0.25, 0.3) is 0 Å². The molecule has 0 bridgehead atoms. The van der Waals surface area contributed by atoms with E-state index in [-0.39, 0.29) is 18.0 Å². The van der Waals surface area contributed by atoms with Gasteiger partial charge in [-0.25, -0.2) is 0 Å². The first-order valence-electron chi connectivity index (χ1n) is 8.81. The molecule has 2 saturated carbocycles. The first-order valence-corrected chi connectivity index (χ1v) is 8.81. The standard InChI is InChI=1S/C21H22O2/c1-3-8-15(9-4-1)19-20(16-10-5-2-6-11-16)23-21(22-19)13-7-12-17-14-18(17)21/h1-6,8-11,17-20H,7,12-14H2. The number of hydrogen-bond acceptors (Lipinski definition) is 2. The fourth-order valence-electron chi connectivity index (χ4n) is 4.55. The highest BCUT2D eigenvalue weighted by atomic mass is 16.8. The van der Waals surface area contributed by atoms with E-state index in [0.717, 1.165) is 12.3 Å². The monoisotopic (exact) mass is 306 g/mol. The van der Waals surface area contributed by atoms with Gasteiger partial charge < -0.3 is 9.47 Å². The third-order valence-corrected chi connectivity index (χ3v) is 5.77. The van der Waals surface area contributed by atoms with Crippen LogP contribution in [0.1, 0.15) is 49.0 Å². The van der Waals surface area contributed by atoms with Gasteiger partial charge >= 0.3 is 0 Å². The van der Waals surface area contributed by atoms with Crippen LogP contribution in [-0.2, 0) is 9.47 Å². The van der Waals surface area contributed by atoms with E-state index in [1.807, 2.05) is 0 Å². The third-order valence-electron chi connectivity index (χ3n) is 5.77. The smallest absolute Gasteiger partial charge is 0.173 e. The van der Waals surface area contributed by atoms with Crippen LogP contribution in [0, 0.1) is 11.8 Å². The van der Waals surface area contributed by atoms with Gasteiger partial charge in [-0.3, -0.25) is 0 Å². The Hall–Kier alpha value is -1.64. The predicted octanol–water partition coefficient (Wildman–Crippen LogP) is 5.03. The molecule has 2 nitrogen and oxygen atoms in total. The highest BCUT2D eigenvalue weighted by Crippen LogP contribution is 2.63. The van der Waals surface area contributed by atoms with E-state index in [9.17, 15) is 0 Å². The highest BCUT2D eigenvalue weighted by molar-refractivity contribution is 5.27. The Bertz CT molecular complexity index is 634. The maximum Gasteiger partial charge on any atom is 0.173 e. The normalized spacial score (nSPS) is 38.4. The largest absolute Gasteiger partial charge is 0.339 e. The first kappa shape index (κ1) is 13.8. The lowest BCUT2D eigenvalue weighted by Crippen LogP contribution is -2.36. The number of fused-ring (bicyclic) bond motifs is 2. The number of benzene rings is 2. The lowest BCUT2D eigenvalue weighted by molar-refractivity contribution is -0.206. The molecule has 0 amide bonds. The molecule has 3 fully saturated rings. The minimum Gasteiger partial charge on any atom is -0.339 e. The van der Waals surface area contributed by atoms with Gasteiger partial charge in [0, 0.05) is 12.3 Å². The molecule has 2 aliphatic carbocycles. The molecule has 1 spiro atoms. The molecule has 3 aliphatic rings. The van der Waals surface area contributed by atoms with E-state index in [1.165, 1.54) is 30.4 Å². The van der Waals surface area contributed by atoms with Crippen LogP contribution in [0.25, 0.3) is 0 Å². The Labute approximate surface area is 137 Å². The molecule has 4 atom stereocenters. The number of rotatable bonds is 2. The molecule has 0 N–H and O–H groups in total. The van der Waals surface area contributed by atoms with Crippen molar-refractivity contribution in [3.05, 3.63) is 71.8 Å². The molecule has 1 aliphatic heterocycles. The average molecular weight is 306 g/mol. The van der Waals surface area contributed by atoms with Gasteiger partial charge in [-0.15, -0.1) is 0 Å². The van der Waals surface area contributed by atoms with E-state index in [2.05, 4.69) is 60.7 Å². The van der Waals surface area contributed by atoms with Crippen LogP contribution in [-0.4, -0.2) is 5.79 Å². The molecule has 2 heteroatoms. The average Bonchev–Trinajstić information content (AvgIpc) is 3.32. The van der Waals surface area contributed by atoms with Crippen LogP contribution in [0.5, 0.6) is 0 Å². The van der Waals surface area contributed by atoms with Crippen LogP contribution in [0.2, 0.25) is 0 Å². The second-order valence-corrected chi connectivity index (χ2v) is 7.20. The van der Waals surface area contributed by atoms with Crippen LogP contribution >= 0.6 is 0 Å². The summed E-state index contributed by atoms with van der Waals surface area (Å²) in [6, 6.07) is 21.1. The van der Waals surface area contributed by atoms with E-state index < -0.39 is 0 Å². The second-order valence-electron chi connectivity index (χ2n) is 7.20. The molecule has 23 heavy (non-hydrogen) atoms. The molecule has 1 saturated heterocycles. The minimum atomic E-state index is -0.343. The molecule has 0 aromatic heterocycles. The van der Waals surface area contributed by atoms with E-state index in [1.54, 1.807) is 0 Å². The van der Waals surface area contributed by atoms with Crippen molar-refractivity contribution in [3.63, 3.8) is 0 Å². The van der Waals surface area contributed by atoms with Crippen molar-refractivity contribution in [1.82, 2.24) is 0 Å². The molecule has 4 unspecified atom stereocenters. The van der Waals surface area contributed by atoms with Gasteiger partial charge in [-0.05, 0) is 36.3 Å². The SMILES string of the molecule is c1ccc(C2OC3(CCCC4CC43)OC2c2ccccc2)cc1. The fraction of sp³-hybridized carbons (Fsp3) is 0.429. The minimum absolute atomic E-state index is 0.00190. The summed E-state index contributed by atoms with van der Waals surface area (Å²) >= 11 is 0. The van der Waals surface area contributed by atoms with Gasteiger partial charge in [-0.1, -0.05) is 60.7 Å². The third kappa shape index (κ3) is 2.24. The van der Waals surface area contributed by atoms with Gasteiger partial charge in [0.2, 0.25) is 0 Å². The van der Waals surface area contributed by atoms with Crippen molar-refractivity contribution in [2.24, 2.45) is 11.8 Å². The Balaban J connectivity index is 1.54. The molecule has 118 valence electrons. The zero-order valence-corrected chi connectivity index (χ0v) is 13.2. The van der Waals surface area contributed by atoms with Crippen LogP contribution in [0.3, 0.4) is 0 Å². The summed E-state index contributed by atoms with van der Waals surface area (Å²) in [6.07, 6.45) is 4.90. The van der Waals surface area contributed by atoms with Crippen LogP contribution < -0.4 is 0 Å². The molecule has 1 heterocycles. The summed E-state index contributed by atoms with van der Waals surface area (Å²) in [5.74, 6) is 1.09. The van der Waals surface area contributed by atoms with Crippen molar-refractivity contribution in [3.8, 4) is 0 Å². The van der Waals surface area contributed by atoms with E-state index in [4.69, 9.17) is 9.47 Å². The Morgan fingerprint density at radius 1 is 0.783 bits per heavy atom. The topological polar surface area (TPSA) is 18.5 Å². The summed E-state index contributed by atoms with van der Waals surface area (Å²) in [5.41, 5.74) is 2.45. The molecule has 0 radical (unpaired) electrons. The summed E-state index contributed by atoms with van der Waals surface area (Å²) in [5, 5.41) is 0. The molecule has 5 rings (SSSR count). The van der Waals surface area contributed by atoms with Gasteiger partial charge in [0.1, 0.15) is 12.2 Å². The van der Waals surface area contributed by atoms with Gasteiger partial charge in [-0.2, -0.15) is 0 Å². The molecule has 2 aromatic carbocycles. The summed E-state index contributed by atoms with van der Waals surface area (Å²) in [4.78, 5) is 0. The van der Waals surface area contributed by atoms with Crippen molar-refractivity contribution >= 4 is 0 Å². The molecular weight excluding hydrogens is 284 g/mol. The number of hydrogen-bond donors (Lipinski definition) is 0. The summed E-state index contributed by atoms with van der Waals surface area (Å²) < 4.78 is 13.3. The van der Waals surface area contributed by atoms with Crippen molar-refractivity contribution in [2.75, 3.05) is 0 Å². The first-order chi connectivity index (χ1) is 11.4. The molecular formula is C21H22O2. The zero-order valence-electron chi connectivity index (χ0n) is 13.2. The van der Waals surface area contributed by atoms with E-state index >= 15 is 0 Å². The van der Waals surface area contributed by atoms with Crippen molar-refractivity contribution in [1.29, 1.82) is 0 Å². The highest BCUT2D eigenvalue weighted by Gasteiger charge is 2.62.